The lowest BCUT2D eigenvalue weighted by atomic mass is 10.0. The van der Waals surface area contributed by atoms with E-state index in [2.05, 4.69) is 16.0 Å². The molecular formula is C19H32N4O10. The van der Waals surface area contributed by atoms with E-state index in [4.69, 9.17) is 15.9 Å². The summed E-state index contributed by atoms with van der Waals surface area (Å²) in [5.41, 5.74) is 5.59. The molecule has 14 heteroatoms. The number of aliphatic carboxylic acids is 3. The van der Waals surface area contributed by atoms with E-state index in [0.29, 0.717) is 0 Å². The van der Waals surface area contributed by atoms with Gasteiger partial charge in [0, 0.05) is 12.8 Å². The maximum atomic E-state index is 12.7. The van der Waals surface area contributed by atoms with Crippen LogP contribution in [-0.4, -0.2) is 86.3 Å². The third-order valence-corrected chi connectivity index (χ3v) is 4.58. The molecule has 0 aliphatic heterocycles. The molecule has 9 N–H and O–H groups in total. The second-order valence-electron chi connectivity index (χ2n) is 7.83. The third kappa shape index (κ3) is 11.2. The standard InChI is InChI=1S/C19H32N4O10/c1-8(2)14(17(30)21-11(19(32)33)5-7-13(27)28)22-18(31)15(9(3)24)23-16(29)10(20)4-6-12(25)26/h8-11,14-15,24H,4-7,20H2,1-3H3,(H,21,30)(H,22,31)(H,23,29)(H,25,26)(H,27,28)(H,32,33). The second-order valence-corrected chi connectivity index (χ2v) is 7.83. The Labute approximate surface area is 189 Å². The number of carboxylic acids is 3. The van der Waals surface area contributed by atoms with Crippen molar-refractivity contribution in [1.29, 1.82) is 0 Å². The van der Waals surface area contributed by atoms with E-state index < -0.39 is 78.2 Å². The van der Waals surface area contributed by atoms with Gasteiger partial charge in [-0.1, -0.05) is 13.8 Å². The summed E-state index contributed by atoms with van der Waals surface area (Å²) in [5.74, 6) is -7.17. The molecule has 14 nitrogen and oxygen atoms in total. The Morgan fingerprint density at radius 1 is 0.727 bits per heavy atom. The number of aliphatic hydroxyl groups excluding tert-OH is 1. The Morgan fingerprint density at radius 3 is 1.61 bits per heavy atom. The number of carbonyl (C=O) groups excluding carboxylic acids is 3. The van der Waals surface area contributed by atoms with Gasteiger partial charge < -0.3 is 42.1 Å². The fraction of sp³-hybridized carbons (Fsp3) is 0.684. The van der Waals surface area contributed by atoms with Crippen molar-refractivity contribution in [2.24, 2.45) is 11.7 Å². The van der Waals surface area contributed by atoms with Crippen LogP contribution < -0.4 is 21.7 Å². The minimum absolute atomic E-state index is 0.209. The molecule has 5 unspecified atom stereocenters. The van der Waals surface area contributed by atoms with Crippen molar-refractivity contribution in [3.63, 3.8) is 0 Å². The van der Waals surface area contributed by atoms with Crippen LogP contribution in [-0.2, 0) is 28.8 Å². The van der Waals surface area contributed by atoms with Gasteiger partial charge in [0.25, 0.3) is 0 Å². The minimum Gasteiger partial charge on any atom is -0.481 e. The van der Waals surface area contributed by atoms with Crippen molar-refractivity contribution in [3.05, 3.63) is 0 Å². The van der Waals surface area contributed by atoms with Crippen molar-refractivity contribution in [2.75, 3.05) is 0 Å². The number of hydrogen-bond donors (Lipinski definition) is 8. The lowest BCUT2D eigenvalue weighted by Gasteiger charge is -2.28. The maximum Gasteiger partial charge on any atom is 0.326 e. The van der Waals surface area contributed by atoms with Crippen molar-refractivity contribution in [2.45, 2.75) is 76.7 Å². The molecule has 188 valence electrons. The van der Waals surface area contributed by atoms with E-state index in [1.165, 1.54) is 6.92 Å². The van der Waals surface area contributed by atoms with Crippen LogP contribution >= 0.6 is 0 Å². The van der Waals surface area contributed by atoms with Gasteiger partial charge in [0.05, 0.1) is 12.1 Å². The average Bonchev–Trinajstić information content (AvgIpc) is 2.69. The highest BCUT2D eigenvalue weighted by molar-refractivity contribution is 5.94. The molecule has 0 aromatic carbocycles. The maximum absolute atomic E-state index is 12.7. The van der Waals surface area contributed by atoms with Crippen molar-refractivity contribution >= 4 is 35.6 Å². The van der Waals surface area contributed by atoms with Gasteiger partial charge in [0.2, 0.25) is 17.7 Å². The number of aliphatic hydroxyl groups is 1. The summed E-state index contributed by atoms with van der Waals surface area (Å²) in [5, 5.41) is 43.2. The van der Waals surface area contributed by atoms with E-state index in [9.17, 15) is 39.0 Å². The van der Waals surface area contributed by atoms with Crippen LogP contribution in [0.4, 0.5) is 0 Å². The summed E-state index contributed by atoms with van der Waals surface area (Å²) in [6, 6.07) is -5.58. The molecule has 0 spiro atoms. The normalized spacial score (nSPS) is 15.5. The molecule has 0 fully saturated rings. The Hall–Kier alpha value is -3.26. The molecule has 0 aromatic rings. The van der Waals surface area contributed by atoms with Crippen LogP contribution in [0, 0.1) is 5.92 Å². The van der Waals surface area contributed by atoms with Crippen LogP contribution in [0.1, 0.15) is 46.5 Å². The van der Waals surface area contributed by atoms with Gasteiger partial charge in [-0.2, -0.15) is 0 Å². The summed E-state index contributed by atoms with van der Waals surface area (Å²) in [6.45, 7) is 4.30. The zero-order chi connectivity index (χ0) is 25.9. The summed E-state index contributed by atoms with van der Waals surface area (Å²) < 4.78 is 0. The molecule has 0 bridgehead atoms. The van der Waals surface area contributed by atoms with E-state index >= 15 is 0 Å². The lowest BCUT2D eigenvalue weighted by molar-refractivity contribution is -0.144. The summed E-state index contributed by atoms with van der Waals surface area (Å²) in [6.07, 6.45) is -2.90. The van der Waals surface area contributed by atoms with Gasteiger partial charge in [-0.25, -0.2) is 4.79 Å². The highest BCUT2D eigenvalue weighted by atomic mass is 16.4. The Balaban J connectivity index is 5.32. The topological polar surface area (TPSA) is 245 Å². The molecule has 33 heavy (non-hydrogen) atoms. The lowest BCUT2D eigenvalue weighted by Crippen LogP contribution is -2.60. The van der Waals surface area contributed by atoms with Crippen LogP contribution in [0.5, 0.6) is 0 Å². The van der Waals surface area contributed by atoms with E-state index in [0.717, 1.165) is 0 Å². The van der Waals surface area contributed by atoms with Crippen molar-refractivity contribution in [1.82, 2.24) is 16.0 Å². The van der Waals surface area contributed by atoms with E-state index in [-0.39, 0.29) is 19.3 Å². The zero-order valence-electron chi connectivity index (χ0n) is 18.6. The largest absolute Gasteiger partial charge is 0.481 e. The SMILES string of the molecule is CC(C)C(NC(=O)C(NC(=O)C(N)CCC(=O)O)C(C)O)C(=O)NC(CCC(=O)O)C(=O)O. The molecule has 0 saturated heterocycles. The fourth-order valence-electron chi connectivity index (χ4n) is 2.64. The monoisotopic (exact) mass is 476 g/mol. The quantitative estimate of drug-likeness (QED) is 0.124. The highest BCUT2D eigenvalue weighted by Crippen LogP contribution is 2.07. The molecule has 0 rings (SSSR count). The summed E-state index contributed by atoms with van der Waals surface area (Å²) in [4.78, 5) is 70.0. The number of nitrogens with two attached hydrogens (primary N) is 1. The van der Waals surface area contributed by atoms with Gasteiger partial charge in [0.1, 0.15) is 18.1 Å². The summed E-state index contributed by atoms with van der Waals surface area (Å²) >= 11 is 0. The number of nitrogens with one attached hydrogen (secondary N) is 3. The molecule has 0 radical (unpaired) electrons. The third-order valence-electron chi connectivity index (χ3n) is 4.58. The number of hydrogen-bond acceptors (Lipinski definition) is 8. The predicted octanol–water partition coefficient (Wildman–Crippen LogP) is -2.38. The molecule has 0 saturated carbocycles. The first-order chi connectivity index (χ1) is 15.2. The summed E-state index contributed by atoms with van der Waals surface area (Å²) in [7, 11) is 0. The first kappa shape index (κ1) is 29.7. The molecular weight excluding hydrogens is 444 g/mol. The number of carboxylic acid groups (broad SMARTS) is 3. The van der Waals surface area contributed by atoms with Crippen LogP contribution in [0.15, 0.2) is 0 Å². The van der Waals surface area contributed by atoms with E-state index in [1.807, 2.05) is 0 Å². The molecule has 0 aliphatic carbocycles. The van der Waals surface area contributed by atoms with Crippen molar-refractivity contribution < 1.29 is 49.2 Å². The predicted molar refractivity (Wildman–Crippen MR) is 112 cm³/mol. The molecule has 3 amide bonds. The number of carbonyl (C=O) groups is 6. The average molecular weight is 476 g/mol. The smallest absolute Gasteiger partial charge is 0.326 e. The minimum atomic E-state index is -1.54. The van der Waals surface area contributed by atoms with Crippen molar-refractivity contribution in [3.8, 4) is 0 Å². The number of amides is 3. The highest BCUT2D eigenvalue weighted by Gasteiger charge is 2.33. The Kier molecular flexibility index (Phi) is 12.6. The first-order valence-corrected chi connectivity index (χ1v) is 10.2. The van der Waals surface area contributed by atoms with E-state index in [1.54, 1.807) is 13.8 Å². The van der Waals surface area contributed by atoms with Gasteiger partial charge >= 0.3 is 17.9 Å². The molecule has 5 atom stereocenters. The van der Waals surface area contributed by atoms with Crippen LogP contribution in [0.3, 0.4) is 0 Å². The molecule has 0 aromatic heterocycles. The second kappa shape index (κ2) is 14.0. The zero-order valence-corrected chi connectivity index (χ0v) is 18.6. The van der Waals surface area contributed by atoms with Crippen LogP contribution in [0.2, 0.25) is 0 Å². The van der Waals surface area contributed by atoms with Gasteiger partial charge in [-0.3, -0.25) is 24.0 Å². The molecule has 0 heterocycles. The Morgan fingerprint density at radius 2 is 1.18 bits per heavy atom. The first-order valence-electron chi connectivity index (χ1n) is 10.2. The van der Waals surface area contributed by atoms with Gasteiger partial charge in [-0.15, -0.1) is 0 Å². The van der Waals surface area contributed by atoms with Crippen LogP contribution in [0.25, 0.3) is 0 Å². The molecule has 0 aliphatic rings. The number of rotatable bonds is 15. The van der Waals surface area contributed by atoms with Gasteiger partial charge in [-0.05, 0) is 25.7 Å². The van der Waals surface area contributed by atoms with Gasteiger partial charge in [0.15, 0.2) is 0 Å². The fourth-order valence-corrected chi connectivity index (χ4v) is 2.64. The Bertz CT molecular complexity index is 740.